The number of hydrogen-bond donors (Lipinski definition) is 1. The lowest BCUT2D eigenvalue weighted by Crippen LogP contribution is -2.13. The molecule has 6 heteroatoms. The minimum atomic E-state index is -0.238. The summed E-state index contributed by atoms with van der Waals surface area (Å²) in [5, 5.41) is 11.0. The fourth-order valence-electron chi connectivity index (χ4n) is 2.63. The number of pyridine rings is 1. The summed E-state index contributed by atoms with van der Waals surface area (Å²) in [5.74, 6) is -0.238. The molecule has 0 aliphatic carbocycles. The van der Waals surface area contributed by atoms with Crippen LogP contribution in [0, 0.1) is 6.92 Å². The predicted octanol–water partition coefficient (Wildman–Crippen LogP) is 2.42. The number of amides is 1. The molecule has 0 saturated carbocycles. The average molecular weight is 303 g/mol. The maximum atomic E-state index is 12.0. The molecule has 23 heavy (non-hydrogen) atoms. The number of nitrogens with zero attached hydrogens (tertiary/aromatic N) is 4. The first-order valence-electron chi connectivity index (χ1n) is 7.19. The van der Waals surface area contributed by atoms with Crippen LogP contribution in [0.3, 0.4) is 0 Å². The number of imidazole rings is 1. The van der Waals surface area contributed by atoms with Gasteiger partial charge in [-0.15, -0.1) is 5.10 Å². The number of nitrogens with one attached hydrogen (secondary N) is 1. The highest BCUT2D eigenvalue weighted by Gasteiger charge is 2.25. The molecule has 0 saturated heterocycles. The quantitative estimate of drug-likeness (QED) is 0.583. The molecule has 1 amide bonds. The highest BCUT2D eigenvalue weighted by atomic mass is 16.2. The maximum absolute atomic E-state index is 12.0. The van der Waals surface area contributed by atoms with Crippen molar-refractivity contribution in [2.24, 2.45) is 10.2 Å². The predicted molar refractivity (Wildman–Crippen MR) is 89.1 cm³/mol. The summed E-state index contributed by atoms with van der Waals surface area (Å²) in [6.07, 6.45) is 3.54. The van der Waals surface area contributed by atoms with Gasteiger partial charge in [-0.25, -0.2) is 4.98 Å². The van der Waals surface area contributed by atoms with Crippen LogP contribution >= 0.6 is 0 Å². The third-order valence-electron chi connectivity index (χ3n) is 3.73. The van der Waals surface area contributed by atoms with E-state index in [0.717, 1.165) is 28.3 Å². The fraction of sp³-hybridized carbons (Fsp3) is 0.0588. The summed E-state index contributed by atoms with van der Waals surface area (Å²) in [6, 6.07) is 13.2. The van der Waals surface area contributed by atoms with Crippen molar-refractivity contribution in [2.45, 2.75) is 6.92 Å². The number of rotatable bonds is 2. The smallest absolute Gasteiger partial charge is 0.276 e. The van der Waals surface area contributed by atoms with Crippen molar-refractivity contribution in [1.82, 2.24) is 9.38 Å². The van der Waals surface area contributed by atoms with Crippen LogP contribution in [-0.2, 0) is 4.79 Å². The summed E-state index contributed by atoms with van der Waals surface area (Å²) >= 11 is 0. The largest absolute Gasteiger partial charge is 0.320 e. The number of benzene rings is 1. The fourth-order valence-corrected chi connectivity index (χ4v) is 2.63. The van der Waals surface area contributed by atoms with Crippen molar-refractivity contribution in [1.29, 1.82) is 0 Å². The van der Waals surface area contributed by atoms with Gasteiger partial charge in [0.25, 0.3) is 5.91 Å². The van der Waals surface area contributed by atoms with Gasteiger partial charge in [0, 0.05) is 11.8 Å². The molecule has 0 unspecified atom stereocenters. The molecule has 0 fully saturated rings. The molecule has 4 rings (SSSR count). The highest BCUT2D eigenvalue weighted by molar-refractivity contribution is 6.53. The number of carbonyl (C=O) groups is 1. The lowest BCUT2D eigenvalue weighted by molar-refractivity contribution is -0.110. The van der Waals surface area contributed by atoms with E-state index in [0.29, 0.717) is 5.71 Å². The second-order valence-electron chi connectivity index (χ2n) is 5.20. The van der Waals surface area contributed by atoms with E-state index < -0.39 is 0 Å². The lowest BCUT2D eigenvalue weighted by Gasteiger charge is -1.95. The molecule has 0 spiro atoms. The maximum Gasteiger partial charge on any atom is 0.276 e. The van der Waals surface area contributed by atoms with Crippen molar-refractivity contribution in [2.75, 3.05) is 5.32 Å². The number of hydrogen-bond acceptors (Lipinski definition) is 4. The van der Waals surface area contributed by atoms with Gasteiger partial charge in [0.2, 0.25) is 0 Å². The van der Waals surface area contributed by atoms with Crippen molar-refractivity contribution < 1.29 is 4.79 Å². The van der Waals surface area contributed by atoms with Gasteiger partial charge in [0.1, 0.15) is 5.65 Å². The minimum Gasteiger partial charge on any atom is -0.320 e. The van der Waals surface area contributed by atoms with E-state index in [4.69, 9.17) is 0 Å². The molecule has 1 aromatic carbocycles. The number of fused-ring (bicyclic) bond motifs is 2. The van der Waals surface area contributed by atoms with Crippen LogP contribution in [0.5, 0.6) is 0 Å². The van der Waals surface area contributed by atoms with Gasteiger partial charge >= 0.3 is 0 Å². The number of aryl methyl sites for hydroxylation is 1. The second-order valence-corrected chi connectivity index (χ2v) is 5.20. The third-order valence-corrected chi connectivity index (χ3v) is 3.73. The summed E-state index contributed by atoms with van der Waals surface area (Å²) in [4.78, 5) is 16.4. The van der Waals surface area contributed by atoms with Crippen LogP contribution < -0.4 is 5.32 Å². The van der Waals surface area contributed by atoms with Gasteiger partial charge in [-0.2, -0.15) is 5.10 Å². The van der Waals surface area contributed by atoms with E-state index in [1.54, 1.807) is 6.21 Å². The van der Waals surface area contributed by atoms with Gasteiger partial charge in [0.05, 0.1) is 23.3 Å². The molecular weight excluding hydrogens is 290 g/mol. The topological polar surface area (TPSA) is 71.1 Å². The zero-order valence-corrected chi connectivity index (χ0v) is 12.4. The Bertz CT molecular complexity index is 984. The summed E-state index contributed by atoms with van der Waals surface area (Å²) in [5.41, 5.74) is 4.40. The molecule has 1 aliphatic rings. The Kier molecular flexibility index (Phi) is 3.01. The minimum absolute atomic E-state index is 0.238. The number of aromatic nitrogens is 2. The van der Waals surface area contributed by atoms with Crippen molar-refractivity contribution in [3.05, 3.63) is 65.6 Å². The van der Waals surface area contributed by atoms with Crippen molar-refractivity contribution in [3.63, 3.8) is 0 Å². The van der Waals surface area contributed by atoms with Gasteiger partial charge in [-0.05, 0) is 25.1 Å². The number of carbonyl (C=O) groups excluding carboxylic acids is 1. The van der Waals surface area contributed by atoms with Crippen molar-refractivity contribution >= 4 is 29.2 Å². The first-order chi connectivity index (χ1) is 11.2. The molecule has 6 nitrogen and oxygen atoms in total. The molecule has 3 heterocycles. The molecule has 0 bridgehead atoms. The van der Waals surface area contributed by atoms with Gasteiger partial charge < -0.3 is 5.32 Å². The van der Waals surface area contributed by atoms with E-state index >= 15 is 0 Å². The van der Waals surface area contributed by atoms with Crippen molar-refractivity contribution in [3.8, 4) is 0 Å². The van der Waals surface area contributed by atoms with Crippen LogP contribution in [0.25, 0.3) is 5.65 Å². The monoisotopic (exact) mass is 303 g/mol. The molecule has 0 atom stereocenters. The highest BCUT2D eigenvalue weighted by Crippen LogP contribution is 2.22. The Morgan fingerprint density at radius 1 is 1.17 bits per heavy atom. The summed E-state index contributed by atoms with van der Waals surface area (Å²) in [6.45, 7) is 1.92. The van der Waals surface area contributed by atoms with Gasteiger partial charge in [-0.1, -0.05) is 24.3 Å². The number of para-hydroxylation sites is 1. The Morgan fingerprint density at radius 3 is 2.91 bits per heavy atom. The third kappa shape index (κ3) is 2.20. The zero-order valence-electron chi connectivity index (χ0n) is 12.4. The first kappa shape index (κ1) is 13.4. The molecule has 1 N–H and O–H groups in total. The molecular formula is C17H13N5O. The number of anilines is 1. The zero-order chi connectivity index (χ0) is 15.8. The Labute approximate surface area is 132 Å². The molecule has 112 valence electrons. The molecule has 1 aliphatic heterocycles. The SMILES string of the molecule is Cc1nc2ccccn2c1C=NN=C1C(=O)Nc2ccccc21. The van der Waals surface area contributed by atoms with Gasteiger partial charge in [0.15, 0.2) is 5.71 Å². The summed E-state index contributed by atoms with van der Waals surface area (Å²) < 4.78 is 1.93. The van der Waals surface area contributed by atoms with Crippen LogP contribution in [-0.4, -0.2) is 27.2 Å². The van der Waals surface area contributed by atoms with E-state index in [1.165, 1.54) is 0 Å². The Hall–Kier alpha value is -3.28. The second kappa shape index (κ2) is 5.17. The first-order valence-corrected chi connectivity index (χ1v) is 7.19. The summed E-state index contributed by atoms with van der Waals surface area (Å²) in [7, 11) is 0. The molecule has 3 aromatic rings. The Balaban J connectivity index is 1.72. The molecule has 2 aromatic heterocycles. The Morgan fingerprint density at radius 2 is 2.00 bits per heavy atom. The normalized spacial score (nSPS) is 15.5. The van der Waals surface area contributed by atoms with Gasteiger partial charge in [-0.3, -0.25) is 9.20 Å². The van der Waals surface area contributed by atoms with E-state index in [1.807, 2.05) is 60.0 Å². The van der Waals surface area contributed by atoms with E-state index in [2.05, 4.69) is 20.5 Å². The van der Waals surface area contributed by atoms with Crippen LogP contribution in [0.2, 0.25) is 0 Å². The molecule has 0 radical (unpaired) electrons. The van der Waals surface area contributed by atoms with Crippen LogP contribution in [0.4, 0.5) is 5.69 Å². The van der Waals surface area contributed by atoms with E-state index in [-0.39, 0.29) is 5.91 Å². The average Bonchev–Trinajstić information content (AvgIpc) is 3.04. The lowest BCUT2D eigenvalue weighted by atomic mass is 10.1. The standard InChI is InChI=1S/C17H13N5O/c1-11-14(22-9-5-4-8-15(22)19-11)10-18-21-16-12-6-2-3-7-13(12)20-17(16)23/h2-10H,1H3,(H,20,21,23). The van der Waals surface area contributed by atoms with Crippen LogP contribution in [0.1, 0.15) is 17.0 Å². The van der Waals surface area contributed by atoms with Crippen LogP contribution in [0.15, 0.2) is 58.9 Å². The van der Waals surface area contributed by atoms with E-state index in [9.17, 15) is 4.79 Å².